The molecular formula is C39H50O24. The first kappa shape index (κ1) is 47.1. The summed E-state index contributed by atoms with van der Waals surface area (Å²) in [6.45, 7) is 1.15. The van der Waals surface area contributed by atoms with E-state index in [9.17, 15) is 76.3 Å². The number of phenols is 3. The number of fused-ring (bicyclic) bond motifs is 1. The van der Waals surface area contributed by atoms with Crippen molar-refractivity contribution >= 4 is 11.0 Å². The van der Waals surface area contributed by atoms with E-state index in [4.69, 9.17) is 42.3 Å². The van der Waals surface area contributed by atoms with Crippen LogP contribution in [0.1, 0.15) is 13.8 Å². The average molecular weight is 903 g/mol. The highest BCUT2D eigenvalue weighted by Gasteiger charge is 2.54. The summed E-state index contributed by atoms with van der Waals surface area (Å²) in [5, 5.41) is 148. The monoisotopic (exact) mass is 902 g/mol. The molecule has 63 heavy (non-hydrogen) atoms. The van der Waals surface area contributed by atoms with Gasteiger partial charge in [0, 0.05) is 11.6 Å². The fraction of sp³-hybridized carbons (Fsp3) is 0.615. The van der Waals surface area contributed by atoms with Crippen LogP contribution in [-0.4, -0.2) is 208 Å². The number of hydrogen-bond donors (Lipinski definition) is 14. The molecule has 2 aromatic carbocycles. The third kappa shape index (κ3) is 9.19. The standard InChI is InChI=1S/C39H50O24/c1-11-21(44)26(49)29(52)36(56-11)55-10-20-25(48)28(51)35(63-38-31(54)33(22(45)12(2)57-38)61-37-30(53)27(50)24(47)19(9-40)59-37)39(60-20)62-34-23(46)15-5-4-14(41)8-18(15)58-32(34)13-3-6-16(42)17(43)7-13/h3-8,11-12,19-22,24-31,33,35-45,47-54H,9-10H2,1-2H3/t11-,12-,19+,20+,21-,22-,24+,25-,26+,27-,28-,29+,30+,31+,33+,35+,36+,37-,38-,39-/m0/s1. The minimum Gasteiger partial charge on any atom is -0.508 e. The quantitative estimate of drug-likeness (QED) is 0.0804. The summed E-state index contributed by atoms with van der Waals surface area (Å²) < 4.78 is 52.1. The Balaban J connectivity index is 1.23. The van der Waals surface area contributed by atoms with Gasteiger partial charge in [-0.15, -0.1) is 0 Å². The number of aromatic hydroxyl groups is 3. The highest BCUT2D eigenvalue weighted by atomic mass is 16.8. The molecule has 5 heterocycles. The van der Waals surface area contributed by atoms with E-state index in [1.54, 1.807) is 0 Å². The Morgan fingerprint density at radius 2 is 1.17 bits per heavy atom. The normalized spacial score (nSPS) is 41.1. The van der Waals surface area contributed by atoms with Gasteiger partial charge in [-0.05, 0) is 44.2 Å². The predicted octanol–water partition coefficient (Wildman–Crippen LogP) is -4.72. The van der Waals surface area contributed by atoms with E-state index < -0.39 is 164 Å². The van der Waals surface area contributed by atoms with E-state index in [0.717, 1.165) is 18.2 Å². The van der Waals surface area contributed by atoms with Crippen molar-refractivity contribution in [1.29, 1.82) is 0 Å². The molecule has 0 unspecified atom stereocenters. The third-order valence-electron chi connectivity index (χ3n) is 11.4. The predicted molar refractivity (Wildman–Crippen MR) is 202 cm³/mol. The summed E-state index contributed by atoms with van der Waals surface area (Å²) in [7, 11) is 0. The minimum atomic E-state index is -2.12. The molecule has 0 bridgehead atoms. The summed E-state index contributed by atoms with van der Waals surface area (Å²) in [6.07, 6.45) is -35.1. The molecule has 0 spiro atoms. The van der Waals surface area contributed by atoms with E-state index in [0.29, 0.717) is 0 Å². The maximum absolute atomic E-state index is 14.2. The number of phenolic OH excluding ortho intramolecular Hbond substituents is 3. The van der Waals surface area contributed by atoms with Crippen molar-refractivity contribution in [2.45, 2.75) is 137 Å². The van der Waals surface area contributed by atoms with E-state index in [1.807, 2.05) is 0 Å². The number of hydrogen-bond acceptors (Lipinski definition) is 24. The van der Waals surface area contributed by atoms with Crippen LogP contribution in [0.15, 0.2) is 45.6 Å². The van der Waals surface area contributed by atoms with Crippen LogP contribution < -0.4 is 10.2 Å². The van der Waals surface area contributed by atoms with E-state index in [1.165, 1.54) is 32.0 Å². The highest BCUT2D eigenvalue weighted by Crippen LogP contribution is 2.39. The molecule has 350 valence electrons. The molecule has 4 aliphatic rings. The van der Waals surface area contributed by atoms with Gasteiger partial charge in [0.2, 0.25) is 17.5 Å². The van der Waals surface area contributed by atoms with Gasteiger partial charge < -0.3 is 114 Å². The maximum atomic E-state index is 14.2. The van der Waals surface area contributed by atoms with Crippen LogP contribution in [0.4, 0.5) is 0 Å². The lowest BCUT2D eigenvalue weighted by molar-refractivity contribution is -0.379. The second kappa shape index (κ2) is 18.9. The molecule has 4 fully saturated rings. The Morgan fingerprint density at radius 3 is 1.87 bits per heavy atom. The molecule has 4 aliphatic heterocycles. The zero-order chi connectivity index (χ0) is 45.8. The Kier molecular flexibility index (Phi) is 14.1. The fourth-order valence-electron chi connectivity index (χ4n) is 7.63. The molecule has 0 aliphatic carbocycles. The molecule has 24 nitrogen and oxygen atoms in total. The third-order valence-corrected chi connectivity index (χ3v) is 11.4. The SMILES string of the molecule is C[C@@H]1O[C@@H](OC[C@H]2O[C@@H](Oc3c(-c4ccc(O)c(O)c4)oc4cc(O)ccc4c3=O)[C@H](O[C@@H]3O[C@@H](C)[C@H](O)[C@@H](O[C@@H]4O[C@H](CO)[C@@H](O)[C@H](O)[C@H]4O)[C@H]3O)[C@@H](O)[C@H]2O)[C@H](O)[C@H](O)[C@H]1O. The van der Waals surface area contributed by atoms with Gasteiger partial charge in [-0.1, -0.05) is 0 Å². The first-order valence-electron chi connectivity index (χ1n) is 19.8. The Hall–Kier alpha value is -3.87. The van der Waals surface area contributed by atoms with E-state index in [-0.39, 0.29) is 22.3 Å². The van der Waals surface area contributed by atoms with Gasteiger partial charge in [0.15, 0.2) is 42.2 Å². The molecule has 0 saturated carbocycles. The lowest BCUT2D eigenvalue weighted by Crippen LogP contribution is -2.66. The lowest BCUT2D eigenvalue weighted by atomic mass is 9.96. The van der Waals surface area contributed by atoms with Crippen LogP contribution in [0.2, 0.25) is 0 Å². The summed E-state index contributed by atoms with van der Waals surface area (Å²) in [5.41, 5.74) is -1.16. The van der Waals surface area contributed by atoms with Gasteiger partial charge in [-0.3, -0.25) is 4.79 Å². The second-order valence-electron chi connectivity index (χ2n) is 15.7. The topological polar surface area (TPSA) is 387 Å². The van der Waals surface area contributed by atoms with Crippen LogP contribution in [0.25, 0.3) is 22.3 Å². The van der Waals surface area contributed by atoms with E-state index >= 15 is 0 Å². The van der Waals surface area contributed by atoms with Crippen LogP contribution in [0.5, 0.6) is 23.0 Å². The van der Waals surface area contributed by atoms with Gasteiger partial charge in [0.1, 0.15) is 90.7 Å². The van der Waals surface area contributed by atoms with Crippen molar-refractivity contribution in [1.82, 2.24) is 0 Å². The van der Waals surface area contributed by atoms with Crippen molar-refractivity contribution in [3.05, 3.63) is 46.6 Å². The van der Waals surface area contributed by atoms with Crippen molar-refractivity contribution < 1.29 is 114 Å². The summed E-state index contributed by atoms with van der Waals surface area (Å²) >= 11 is 0. The number of aliphatic hydroxyl groups is 11. The van der Waals surface area contributed by atoms with E-state index in [2.05, 4.69) is 0 Å². The smallest absolute Gasteiger partial charge is 0.235 e. The van der Waals surface area contributed by atoms with Gasteiger partial charge in [0.05, 0.1) is 30.8 Å². The summed E-state index contributed by atoms with van der Waals surface area (Å²) in [6, 6.07) is 6.79. The summed E-state index contributed by atoms with van der Waals surface area (Å²) in [4.78, 5) is 14.2. The molecule has 1 aromatic heterocycles. The van der Waals surface area contributed by atoms with Crippen molar-refractivity contribution in [2.24, 2.45) is 0 Å². The lowest BCUT2D eigenvalue weighted by Gasteiger charge is -2.48. The fourth-order valence-corrected chi connectivity index (χ4v) is 7.63. The molecule has 14 N–H and O–H groups in total. The largest absolute Gasteiger partial charge is 0.508 e. The maximum Gasteiger partial charge on any atom is 0.235 e. The Morgan fingerprint density at radius 1 is 0.571 bits per heavy atom. The molecule has 20 atom stereocenters. The molecule has 7 rings (SSSR count). The first-order chi connectivity index (χ1) is 29.8. The van der Waals surface area contributed by atoms with Crippen LogP contribution in [0, 0.1) is 0 Å². The van der Waals surface area contributed by atoms with Crippen molar-refractivity contribution in [3.63, 3.8) is 0 Å². The van der Waals surface area contributed by atoms with Gasteiger partial charge in [-0.25, -0.2) is 0 Å². The van der Waals surface area contributed by atoms with Gasteiger partial charge in [-0.2, -0.15) is 0 Å². The molecule has 0 amide bonds. The van der Waals surface area contributed by atoms with Crippen molar-refractivity contribution in [3.8, 4) is 34.3 Å². The number of aliphatic hydroxyl groups excluding tert-OH is 11. The molecule has 4 saturated heterocycles. The van der Waals surface area contributed by atoms with Crippen LogP contribution in [-0.2, 0) is 33.2 Å². The molecule has 3 aromatic rings. The Labute approximate surface area is 355 Å². The molecule has 24 heteroatoms. The van der Waals surface area contributed by atoms with Gasteiger partial charge >= 0.3 is 0 Å². The minimum absolute atomic E-state index is 0.0725. The van der Waals surface area contributed by atoms with Crippen LogP contribution in [0.3, 0.4) is 0 Å². The van der Waals surface area contributed by atoms with Crippen LogP contribution >= 0.6 is 0 Å². The summed E-state index contributed by atoms with van der Waals surface area (Å²) in [5.74, 6) is -2.61. The zero-order valence-electron chi connectivity index (χ0n) is 33.3. The second-order valence-corrected chi connectivity index (χ2v) is 15.7. The number of rotatable bonds is 11. The zero-order valence-corrected chi connectivity index (χ0v) is 33.3. The highest BCUT2D eigenvalue weighted by molar-refractivity contribution is 5.83. The van der Waals surface area contributed by atoms with Crippen molar-refractivity contribution in [2.75, 3.05) is 13.2 Å². The first-order valence-corrected chi connectivity index (χ1v) is 19.8. The molecular weight excluding hydrogens is 852 g/mol. The molecule has 0 radical (unpaired) electrons. The average Bonchev–Trinajstić information content (AvgIpc) is 3.25. The Bertz CT molecular complexity index is 2100. The number of ether oxygens (including phenoxy) is 8. The number of benzene rings is 2. The van der Waals surface area contributed by atoms with Gasteiger partial charge in [0.25, 0.3) is 0 Å².